The van der Waals surface area contributed by atoms with Gasteiger partial charge in [0, 0.05) is 5.92 Å². The fourth-order valence-corrected chi connectivity index (χ4v) is 6.11. The summed E-state index contributed by atoms with van der Waals surface area (Å²) in [7, 11) is -3.51. The molecule has 1 fully saturated rings. The monoisotopic (exact) mass is 427 g/mol. The average Bonchev–Trinajstić information content (AvgIpc) is 2.55. The Morgan fingerprint density at radius 2 is 2.04 bits per heavy atom. The van der Waals surface area contributed by atoms with Crippen molar-refractivity contribution in [3.63, 3.8) is 0 Å². The number of fused-ring (bicyclic) bond motifs is 1. The number of hydrogen-bond acceptors (Lipinski definition) is 5. The van der Waals surface area contributed by atoms with Crippen molar-refractivity contribution in [2.24, 2.45) is 10.9 Å². The molecule has 1 saturated heterocycles. The van der Waals surface area contributed by atoms with Crippen molar-refractivity contribution in [3.8, 4) is 0 Å². The van der Waals surface area contributed by atoms with E-state index in [0.29, 0.717) is 29.8 Å². The van der Waals surface area contributed by atoms with Gasteiger partial charge in [-0.15, -0.1) is 0 Å². The van der Waals surface area contributed by atoms with Crippen LogP contribution in [0, 0.1) is 11.7 Å². The number of carbonyl (C=O) groups is 1. The van der Waals surface area contributed by atoms with E-state index in [0.717, 1.165) is 0 Å². The summed E-state index contributed by atoms with van der Waals surface area (Å²) in [6.45, 7) is 0.150. The Bertz CT molecular complexity index is 938. The quantitative estimate of drug-likeness (QED) is 0.690. The number of Topliss-reactive ketones (excluding diaryl/α,β-unsaturated/α-hetero) is 1. The third kappa shape index (κ3) is 2.80. The Kier molecular flexibility index (Phi) is 4.16. The van der Waals surface area contributed by atoms with Crippen LogP contribution in [0.5, 0.6) is 0 Å². The highest BCUT2D eigenvalue weighted by Gasteiger charge is 2.47. The Morgan fingerprint density at radius 1 is 1.24 bits per heavy atom. The minimum absolute atomic E-state index is 0.0486. The molecule has 0 N–H and O–H groups in total. The molecule has 0 radical (unpaired) electrons. The Hall–Kier alpha value is -1.38. The molecule has 5 nitrogen and oxygen atoms in total. The average molecular weight is 428 g/mol. The third-order valence-corrected chi connectivity index (χ3v) is 7.44. The van der Waals surface area contributed by atoms with E-state index in [9.17, 15) is 17.6 Å². The molecule has 25 heavy (non-hydrogen) atoms. The van der Waals surface area contributed by atoms with Gasteiger partial charge in [-0.25, -0.2) is 12.8 Å². The van der Waals surface area contributed by atoms with Crippen LogP contribution in [0.3, 0.4) is 0 Å². The number of carbonyl (C=O) groups excluding carboxylic acids is 1. The van der Waals surface area contributed by atoms with Crippen LogP contribution in [0.25, 0.3) is 0 Å². The summed E-state index contributed by atoms with van der Waals surface area (Å²) in [6, 6.07) is 4.38. The molecule has 4 rings (SSSR count). The minimum atomic E-state index is -3.51. The lowest BCUT2D eigenvalue weighted by atomic mass is 9.76. The maximum atomic E-state index is 13.7. The zero-order valence-corrected chi connectivity index (χ0v) is 15.6. The Labute approximate surface area is 153 Å². The van der Waals surface area contributed by atoms with Crippen molar-refractivity contribution in [1.29, 1.82) is 0 Å². The number of rotatable bonds is 1. The van der Waals surface area contributed by atoms with Gasteiger partial charge < -0.3 is 4.74 Å². The zero-order chi connectivity index (χ0) is 17.8. The minimum Gasteiger partial charge on any atom is -0.368 e. The highest BCUT2D eigenvalue weighted by atomic mass is 79.9. The van der Waals surface area contributed by atoms with Crippen LogP contribution in [0.1, 0.15) is 24.3 Å². The molecule has 1 aromatic rings. The van der Waals surface area contributed by atoms with Gasteiger partial charge in [-0.3, -0.25) is 9.79 Å². The highest BCUT2D eigenvalue weighted by molar-refractivity contribution is 9.10. The Balaban J connectivity index is 1.96. The second-order valence-electron chi connectivity index (χ2n) is 6.42. The first kappa shape index (κ1) is 17.1. The van der Waals surface area contributed by atoms with Gasteiger partial charge in [-0.2, -0.15) is 0 Å². The Morgan fingerprint density at radius 3 is 2.80 bits per heavy atom. The molecular formula is C17H15BrFNO4S. The number of nitrogens with zero attached hydrogens (tertiary/aromatic N) is 1. The van der Waals surface area contributed by atoms with Gasteiger partial charge in [0.05, 0.1) is 39.1 Å². The number of allylic oxidation sites excluding steroid dienone is 2. The number of hydrogen-bond donors (Lipinski definition) is 0. The predicted octanol–water partition coefficient (Wildman–Crippen LogP) is 2.76. The van der Waals surface area contributed by atoms with Crippen LogP contribution in [0.15, 0.2) is 38.3 Å². The van der Waals surface area contributed by atoms with Crippen LogP contribution in [-0.4, -0.2) is 38.9 Å². The normalized spacial score (nSPS) is 28.2. The number of sulfone groups is 1. The molecule has 2 atom stereocenters. The lowest BCUT2D eigenvalue weighted by Gasteiger charge is -2.37. The van der Waals surface area contributed by atoms with Gasteiger partial charge in [0.1, 0.15) is 12.4 Å². The fraction of sp³-hybridized carbons (Fsp3) is 0.412. The van der Waals surface area contributed by atoms with Gasteiger partial charge in [-0.1, -0.05) is 6.07 Å². The van der Waals surface area contributed by atoms with Crippen molar-refractivity contribution in [1.82, 2.24) is 0 Å². The number of halogens is 2. The largest absolute Gasteiger partial charge is 0.368 e. The van der Waals surface area contributed by atoms with E-state index >= 15 is 0 Å². The van der Waals surface area contributed by atoms with Crippen LogP contribution in [0.2, 0.25) is 0 Å². The number of aliphatic imine (C=N–C) groups is 1. The fourth-order valence-electron chi connectivity index (χ4n) is 3.80. The van der Waals surface area contributed by atoms with E-state index in [-0.39, 0.29) is 34.1 Å². The van der Waals surface area contributed by atoms with Crippen LogP contribution in [-0.2, 0) is 19.4 Å². The van der Waals surface area contributed by atoms with E-state index in [1.165, 1.54) is 6.07 Å². The second-order valence-corrected chi connectivity index (χ2v) is 9.36. The van der Waals surface area contributed by atoms with Gasteiger partial charge in [0.2, 0.25) is 0 Å². The lowest BCUT2D eigenvalue weighted by molar-refractivity contribution is -0.127. The zero-order valence-electron chi connectivity index (χ0n) is 13.2. The summed E-state index contributed by atoms with van der Waals surface area (Å²) in [4.78, 5) is 17.2. The standard InChI is InChI=1S/C17H15BrFNO4S/c18-10-6-9(3-4-11(10)19)15-16-13(7-24-8-14(16)21)20-12-2-1-5-25(22,23)17(12)15/h3-4,6,15-16H,1-2,5,7-8H2. The summed E-state index contributed by atoms with van der Waals surface area (Å²) >= 11 is 3.15. The van der Waals surface area contributed by atoms with Crippen LogP contribution < -0.4 is 0 Å². The smallest absolute Gasteiger partial charge is 0.177 e. The summed E-state index contributed by atoms with van der Waals surface area (Å²) in [6.07, 6.45) is 1.06. The highest BCUT2D eigenvalue weighted by Crippen LogP contribution is 2.46. The predicted molar refractivity (Wildman–Crippen MR) is 93.6 cm³/mol. The molecule has 1 aromatic carbocycles. The molecule has 0 aliphatic carbocycles. The van der Waals surface area contributed by atoms with Crippen molar-refractivity contribution in [2.75, 3.05) is 19.0 Å². The topological polar surface area (TPSA) is 72.8 Å². The SMILES string of the molecule is O=C1COCC2=NC3=C(C(c4ccc(F)c(Br)c4)C12)S(=O)(=O)CCC3. The van der Waals surface area contributed by atoms with E-state index in [1.807, 2.05) is 0 Å². The molecule has 132 valence electrons. The van der Waals surface area contributed by atoms with E-state index < -0.39 is 27.5 Å². The van der Waals surface area contributed by atoms with Gasteiger partial charge in [0.25, 0.3) is 0 Å². The first-order chi connectivity index (χ1) is 11.9. The first-order valence-electron chi connectivity index (χ1n) is 7.97. The summed E-state index contributed by atoms with van der Waals surface area (Å²) in [5.41, 5.74) is 1.68. The number of benzene rings is 1. The van der Waals surface area contributed by atoms with Gasteiger partial charge >= 0.3 is 0 Å². The summed E-state index contributed by atoms with van der Waals surface area (Å²) in [5.74, 6) is -1.92. The molecular weight excluding hydrogens is 413 g/mol. The maximum Gasteiger partial charge on any atom is 0.177 e. The lowest BCUT2D eigenvalue weighted by Crippen LogP contribution is -2.44. The molecule has 0 spiro atoms. The summed E-state index contributed by atoms with van der Waals surface area (Å²) in [5, 5.41) is 0. The molecule has 0 bridgehead atoms. The van der Waals surface area contributed by atoms with Crippen molar-refractivity contribution in [3.05, 3.63) is 44.7 Å². The van der Waals surface area contributed by atoms with Gasteiger partial charge in [-0.05, 0) is 46.5 Å². The van der Waals surface area contributed by atoms with Gasteiger partial charge in [0.15, 0.2) is 15.6 Å². The van der Waals surface area contributed by atoms with Crippen LogP contribution in [0.4, 0.5) is 4.39 Å². The second kappa shape index (κ2) is 6.10. The molecule has 3 aliphatic rings. The van der Waals surface area contributed by atoms with E-state index in [4.69, 9.17) is 4.74 Å². The maximum absolute atomic E-state index is 13.7. The molecule has 0 saturated carbocycles. The third-order valence-electron chi connectivity index (χ3n) is 4.84. The number of ketones is 1. The molecule has 3 aliphatic heterocycles. The van der Waals surface area contributed by atoms with Crippen molar-refractivity contribution in [2.45, 2.75) is 18.8 Å². The molecule has 0 amide bonds. The number of ether oxygens (including phenoxy) is 1. The first-order valence-corrected chi connectivity index (χ1v) is 10.4. The molecule has 8 heteroatoms. The molecule has 3 heterocycles. The van der Waals surface area contributed by atoms with Crippen molar-refractivity contribution < 1.29 is 22.3 Å². The molecule has 0 aromatic heterocycles. The van der Waals surface area contributed by atoms with Crippen LogP contribution >= 0.6 is 15.9 Å². The van der Waals surface area contributed by atoms with E-state index in [2.05, 4.69) is 20.9 Å². The van der Waals surface area contributed by atoms with Crippen molar-refractivity contribution >= 4 is 37.3 Å². The molecule has 2 unspecified atom stereocenters. The summed E-state index contributed by atoms with van der Waals surface area (Å²) < 4.78 is 44.8. The van der Waals surface area contributed by atoms with E-state index in [1.54, 1.807) is 12.1 Å².